The monoisotopic (exact) mass is 259 g/mol. The molecule has 1 saturated heterocycles. The van der Waals surface area contributed by atoms with Crippen molar-refractivity contribution in [2.45, 2.75) is 13.0 Å². The number of ether oxygens (including phenoxy) is 2. The van der Waals surface area contributed by atoms with Gasteiger partial charge in [0.1, 0.15) is 12.7 Å². The fourth-order valence-electron chi connectivity index (χ4n) is 2.22. The highest BCUT2D eigenvalue weighted by Crippen LogP contribution is 2.24. The van der Waals surface area contributed by atoms with Gasteiger partial charge in [-0.25, -0.2) is 0 Å². The Morgan fingerprint density at radius 3 is 2.95 bits per heavy atom. The van der Waals surface area contributed by atoms with E-state index >= 15 is 0 Å². The van der Waals surface area contributed by atoms with E-state index in [1.165, 1.54) is 0 Å². The normalized spacial score (nSPS) is 19.5. The lowest BCUT2D eigenvalue weighted by atomic mass is 10.1. The van der Waals surface area contributed by atoms with E-state index in [-0.39, 0.29) is 6.10 Å². The smallest absolute Gasteiger partial charge is 0.241 e. The molecule has 5 heteroatoms. The quantitative estimate of drug-likeness (QED) is 0.900. The third-order valence-corrected chi connectivity index (χ3v) is 3.25. The van der Waals surface area contributed by atoms with Gasteiger partial charge in [-0.15, -0.1) is 5.10 Å². The first-order valence-electron chi connectivity index (χ1n) is 6.52. The van der Waals surface area contributed by atoms with Gasteiger partial charge >= 0.3 is 0 Å². The fourth-order valence-corrected chi connectivity index (χ4v) is 2.22. The van der Waals surface area contributed by atoms with Crippen LogP contribution in [0.25, 0.3) is 10.8 Å². The Labute approximate surface area is 111 Å². The molecule has 0 spiro atoms. The van der Waals surface area contributed by atoms with Crippen molar-refractivity contribution in [3.05, 3.63) is 30.0 Å². The first-order valence-corrected chi connectivity index (χ1v) is 6.52. The molecule has 3 rings (SSSR count). The van der Waals surface area contributed by atoms with Crippen LogP contribution in [0.3, 0.4) is 0 Å². The summed E-state index contributed by atoms with van der Waals surface area (Å²) in [5, 5.41) is 13.6. The number of aromatic nitrogens is 2. The predicted molar refractivity (Wildman–Crippen MR) is 72.4 cm³/mol. The second-order valence-corrected chi connectivity index (χ2v) is 4.64. The summed E-state index contributed by atoms with van der Waals surface area (Å²) in [5.41, 5.74) is 0.915. The number of hydrogen-bond donors (Lipinski definition) is 1. The number of fused-ring (bicyclic) bond motifs is 1. The van der Waals surface area contributed by atoms with Crippen LogP contribution in [0.4, 0.5) is 0 Å². The minimum atomic E-state index is 0.0793. The van der Waals surface area contributed by atoms with Gasteiger partial charge in [0.05, 0.1) is 12.3 Å². The molecule has 0 saturated carbocycles. The van der Waals surface area contributed by atoms with Gasteiger partial charge < -0.3 is 14.8 Å². The second-order valence-electron chi connectivity index (χ2n) is 4.64. The summed E-state index contributed by atoms with van der Waals surface area (Å²) >= 11 is 0. The Morgan fingerprint density at radius 2 is 2.16 bits per heavy atom. The van der Waals surface area contributed by atoms with Gasteiger partial charge in [-0.3, -0.25) is 0 Å². The van der Waals surface area contributed by atoms with Crippen LogP contribution in [-0.4, -0.2) is 42.6 Å². The zero-order chi connectivity index (χ0) is 13.1. The van der Waals surface area contributed by atoms with E-state index in [0.717, 1.165) is 36.2 Å². The van der Waals surface area contributed by atoms with E-state index in [2.05, 4.69) is 15.5 Å². The van der Waals surface area contributed by atoms with Crippen molar-refractivity contribution in [2.75, 3.05) is 26.3 Å². The molecule has 1 N–H and O–H groups in total. The summed E-state index contributed by atoms with van der Waals surface area (Å²) in [6.45, 7) is 4.90. The third kappa shape index (κ3) is 2.67. The lowest BCUT2D eigenvalue weighted by Gasteiger charge is -2.23. The van der Waals surface area contributed by atoms with E-state index in [1.807, 2.05) is 31.2 Å². The second kappa shape index (κ2) is 5.50. The summed E-state index contributed by atoms with van der Waals surface area (Å²) in [6.07, 6.45) is 0.0793. The molecule has 2 aromatic rings. The van der Waals surface area contributed by atoms with Crippen molar-refractivity contribution < 1.29 is 9.47 Å². The number of benzene rings is 1. The topological polar surface area (TPSA) is 56.3 Å². The average Bonchev–Trinajstić information content (AvgIpc) is 2.48. The maximum Gasteiger partial charge on any atom is 0.241 e. The summed E-state index contributed by atoms with van der Waals surface area (Å²) in [6, 6.07) is 8.02. The predicted octanol–water partition coefficient (Wildman–Crippen LogP) is 1.31. The number of nitrogens with zero attached hydrogens (tertiary/aromatic N) is 2. The van der Waals surface area contributed by atoms with Crippen LogP contribution >= 0.6 is 0 Å². The van der Waals surface area contributed by atoms with Gasteiger partial charge in [0.25, 0.3) is 0 Å². The SMILES string of the molecule is Cc1nnc(OCC2CNCCO2)c2ccccc12. The van der Waals surface area contributed by atoms with E-state index in [9.17, 15) is 0 Å². The molecular weight excluding hydrogens is 242 g/mol. The Bertz CT molecular complexity index is 568. The van der Waals surface area contributed by atoms with Crippen LogP contribution in [0.15, 0.2) is 24.3 Å². The van der Waals surface area contributed by atoms with Crippen molar-refractivity contribution in [3.8, 4) is 5.88 Å². The van der Waals surface area contributed by atoms with Crippen molar-refractivity contribution in [1.82, 2.24) is 15.5 Å². The number of morpholine rings is 1. The molecule has 1 unspecified atom stereocenters. The van der Waals surface area contributed by atoms with E-state index in [4.69, 9.17) is 9.47 Å². The standard InChI is InChI=1S/C14H17N3O2/c1-10-12-4-2-3-5-13(12)14(17-16-10)19-9-11-8-15-6-7-18-11/h2-5,11,15H,6-9H2,1H3. The van der Waals surface area contributed by atoms with E-state index < -0.39 is 0 Å². The fraction of sp³-hybridized carbons (Fsp3) is 0.429. The lowest BCUT2D eigenvalue weighted by Crippen LogP contribution is -2.41. The highest BCUT2D eigenvalue weighted by atomic mass is 16.5. The molecule has 0 radical (unpaired) electrons. The maximum absolute atomic E-state index is 5.78. The molecule has 1 aliphatic heterocycles. The highest BCUT2D eigenvalue weighted by molar-refractivity contribution is 5.88. The minimum Gasteiger partial charge on any atom is -0.473 e. The van der Waals surface area contributed by atoms with Crippen molar-refractivity contribution >= 4 is 10.8 Å². The zero-order valence-corrected chi connectivity index (χ0v) is 10.9. The van der Waals surface area contributed by atoms with Crippen LogP contribution in [0.2, 0.25) is 0 Å². The highest BCUT2D eigenvalue weighted by Gasteiger charge is 2.15. The molecule has 1 aromatic heterocycles. The van der Waals surface area contributed by atoms with Gasteiger partial charge in [-0.2, -0.15) is 5.10 Å². The van der Waals surface area contributed by atoms with Crippen LogP contribution in [-0.2, 0) is 4.74 Å². The average molecular weight is 259 g/mol. The van der Waals surface area contributed by atoms with Crippen LogP contribution in [0, 0.1) is 6.92 Å². The molecule has 0 amide bonds. The Morgan fingerprint density at radius 1 is 1.32 bits per heavy atom. The molecule has 0 aliphatic carbocycles. The van der Waals surface area contributed by atoms with Gasteiger partial charge in [-0.1, -0.05) is 18.2 Å². The number of nitrogens with one attached hydrogen (secondary N) is 1. The maximum atomic E-state index is 5.78. The Balaban J connectivity index is 1.79. The molecular formula is C14H17N3O2. The summed E-state index contributed by atoms with van der Waals surface area (Å²) in [7, 11) is 0. The van der Waals surface area contributed by atoms with Crippen molar-refractivity contribution in [1.29, 1.82) is 0 Å². The minimum absolute atomic E-state index is 0.0793. The molecule has 1 fully saturated rings. The molecule has 5 nitrogen and oxygen atoms in total. The van der Waals surface area contributed by atoms with Crippen molar-refractivity contribution in [2.24, 2.45) is 0 Å². The number of aryl methyl sites for hydroxylation is 1. The summed E-state index contributed by atoms with van der Waals surface area (Å²) < 4.78 is 11.4. The molecule has 1 aliphatic rings. The van der Waals surface area contributed by atoms with E-state index in [1.54, 1.807) is 0 Å². The largest absolute Gasteiger partial charge is 0.473 e. The first kappa shape index (κ1) is 12.3. The summed E-state index contributed by atoms with van der Waals surface area (Å²) in [5.74, 6) is 0.579. The Kier molecular flexibility index (Phi) is 3.57. The van der Waals surface area contributed by atoms with Crippen molar-refractivity contribution in [3.63, 3.8) is 0 Å². The lowest BCUT2D eigenvalue weighted by molar-refractivity contribution is -0.000568. The van der Waals surface area contributed by atoms with E-state index in [0.29, 0.717) is 12.5 Å². The number of hydrogen-bond acceptors (Lipinski definition) is 5. The van der Waals surface area contributed by atoms with Crippen LogP contribution < -0.4 is 10.1 Å². The van der Waals surface area contributed by atoms with Crippen LogP contribution in [0.5, 0.6) is 5.88 Å². The molecule has 19 heavy (non-hydrogen) atoms. The molecule has 1 atom stereocenters. The van der Waals surface area contributed by atoms with Gasteiger partial charge in [0, 0.05) is 23.9 Å². The number of rotatable bonds is 3. The third-order valence-electron chi connectivity index (χ3n) is 3.25. The molecule has 1 aromatic carbocycles. The summed E-state index contributed by atoms with van der Waals surface area (Å²) in [4.78, 5) is 0. The first-order chi connectivity index (χ1) is 9.34. The zero-order valence-electron chi connectivity index (χ0n) is 10.9. The van der Waals surface area contributed by atoms with Gasteiger partial charge in [0.2, 0.25) is 5.88 Å². The Hall–Kier alpha value is -1.72. The van der Waals surface area contributed by atoms with Gasteiger partial charge in [0.15, 0.2) is 0 Å². The van der Waals surface area contributed by atoms with Crippen LogP contribution in [0.1, 0.15) is 5.69 Å². The van der Waals surface area contributed by atoms with Gasteiger partial charge in [-0.05, 0) is 13.0 Å². The molecule has 100 valence electrons. The molecule has 2 heterocycles. The molecule has 0 bridgehead atoms.